The van der Waals surface area contributed by atoms with Crippen molar-refractivity contribution in [1.29, 1.82) is 0 Å². The Balaban J connectivity index is 2.35. The average molecular weight is 429 g/mol. The topological polar surface area (TPSA) is 89.0 Å². The van der Waals surface area contributed by atoms with Gasteiger partial charge >= 0.3 is 5.97 Å². The van der Waals surface area contributed by atoms with Crippen molar-refractivity contribution in [2.45, 2.75) is 51.9 Å². The number of methoxy groups -OCH3 is 1. The number of carboxylic acid groups (broad SMARTS) is 1. The Kier molecular flexibility index (Phi) is 9.97. The van der Waals surface area contributed by atoms with Crippen molar-refractivity contribution < 1.29 is 24.3 Å². The van der Waals surface area contributed by atoms with Crippen LogP contribution in [0.25, 0.3) is 0 Å². The van der Waals surface area contributed by atoms with Crippen LogP contribution in [-0.2, 0) is 16.1 Å². The number of hydrogen-bond acceptors (Lipinski definition) is 5. The SMILES string of the molecule is CCCCCON(CCc1ccncc1)C(=O)c1c(OC)cccc1C(CC)C(=O)O. The molecule has 7 nitrogen and oxygen atoms in total. The second kappa shape index (κ2) is 12.7. The van der Waals surface area contributed by atoms with Crippen molar-refractivity contribution in [3.8, 4) is 5.75 Å². The van der Waals surface area contributed by atoms with Crippen LogP contribution in [0.3, 0.4) is 0 Å². The van der Waals surface area contributed by atoms with E-state index in [2.05, 4.69) is 11.9 Å². The van der Waals surface area contributed by atoms with Gasteiger partial charge in [0.25, 0.3) is 5.91 Å². The number of hydrogen-bond donors (Lipinski definition) is 1. The molecule has 2 aromatic rings. The normalized spacial score (nSPS) is 11.7. The lowest BCUT2D eigenvalue weighted by Crippen LogP contribution is -2.35. The minimum absolute atomic E-state index is 0.240. The van der Waals surface area contributed by atoms with Gasteiger partial charge in [0.2, 0.25) is 0 Å². The number of rotatable bonds is 13. The lowest BCUT2D eigenvalue weighted by Gasteiger charge is -2.25. The van der Waals surface area contributed by atoms with E-state index >= 15 is 0 Å². The Morgan fingerprint density at radius 2 is 1.87 bits per heavy atom. The quantitative estimate of drug-likeness (QED) is 0.374. The van der Waals surface area contributed by atoms with Gasteiger partial charge in [-0.1, -0.05) is 38.8 Å². The fraction of sp³-hybridized carbons (Fsp3) is 0.458. The third-order valence-corrected chi connectivity index (χ3v) is 5.15. The Morgan fingerprint density at radius 3 is 2.48 bits per heavy atom. The molecule has 0 bridgehead atoms. The van der Waals surface area contributed by atoms with Crippen LogP contribution < -0.4 is 4.74 Å². The number of unbranched alkanes of at least 4 members (excludes halogenated alkanes) is 2. The molecule has 1 unspecified atom stereocenters. The summed E-state index contributed by atoms with van der Waals surface area (Å²) in [6, 6.07) is 8.84. The molecule has 1 atom stereocenters. The number of carbonyl (C=O) groups is 2. The van der Waals surface area contributed by atoms with Crippen LogP contribution >= 0.6 is 0 Å². The van der Waals surface area contributed by atoms with E-state index in [9.17, 15) is 14.7 Å². The Labute approximate surface area is 184 Å². The molecular formula is C24H32N2O5. The van der Waals surface area contributed by atoms with E-state index in [1.165, 1.54) is 12.2 Å². The fourth-order valence-corrected chi connectivity index (χ4v) is 3.42. The highest BCUT2D eigenvalue weighted by molar-refractivity contribution is 5.99. The molecule has 0 aliphatic heterocycles. The number of carboxylic acids is 1. The number of aliphatic carboxylic acids is 1. The number of carbonyl (C=O) groups excluding carboxylic acids is 1. The highest BCUT2D eigenvalue weighted by atomic mass is 16.7. The van der Waals surface area contributed by atoms with E-state index in [1.54, 1.807) is 37.5 Å². The largest absolute Gasteiger partial charge is 0.496 e. The van der Waals surface area contributed by atoms with Crippen molar-refractivity contribution in [3.05, 3.63) is 59.4 Å². The molecule has 31 heavy (non-hydrogen) atoms. The van der Waals surface area contributed by atoms with Gasteiger partial charge in [-0.3, -0.25) is 19.4 Å². The first-order valence-corrected chi connectivity index (χ1v) is 10.8. The molecule has 0 aliphatic carbocycles. The third kappa shape index (κ3) is 6.79. The Morgan fingerprint density at radius 1 is 1.13 bits per heavy atom. The summed E-state index contributed by atoms with van der Waals surface area (Å²) in [5, 5.41) is 11.0. The van der Waals surface area contributed by atoms with Crippen LogP contribution in [0.4, 0.5) is 0 Å². The number of benzene rings is 1. The van der Waals surface area contributed by atoms with Crippen molar-refractivity contribution in [3.63, 3.8) is 0 Å². The summed E-state index contributed by atoms with van der Waals surface area (Å²) >= 11 is 0. The number of hydroxylamine groups is 2. The van der Waals surface area contributed by atoms with Gasteiger partial charge in [0.1, 0.15) is 5.75 Å². The monoisotopic (exact) mass is 428 g/mol. The van der Waals surface area contributed by atoms with Crippen LogP contribution in [-0.4, -0.2) is 47.3 Å². The van der Waals surface area contributed by atoms with Crippen molar-refractivity contribution in [1.82, 2.24) is 10.0 Å². The van der Waals surface area contributed by atoms with Gasteiger partial charge in [0.15, 0.2) is 0 Å². The number of ether oxygens (including phenoxy) is 1. The fourth-order valence-electron chi connectivity index (χ4n) is 3.42. The van der Waals surface area contributed by atoms with E-state index < -0.39 is 17.8 Å². The first-order chi connectivity index (χ1) is 15.0. The van der Waals surface area contributed by atoms with Gasteiger partial charge in [0, 0.05) is 12.4 Å². The van der Waals surface area contributed by atoms with Gasteiger partial charge in [-0.15, -0.1) is 0 Å². The standard InChI is InChI=1S/C24H32N2O5/c1-4-6-7-17-31-26(16-13-18-11-14-25-15-12-18)23(27)22-20(19(5-2)24(28)29)9-8-10-21(22)30-3/h8-12,14-15,19H,4-7,13,16-17H2,1-3H3,(H,28,29). The highest BCUT2D eigenvalue weighted by Crippen LogP contribution is 2.31. The summed E-state index contributed by atoms with van der Waals surface area (Å²) in [4.78, 5) is 35.3. The average Bonchev–Trinajstić information content (AvgIpc) is 2.79. The van der Waals surface area contributed by atoms with Gasteiger partial charge in [-0.05, 0) is 48.6 Å². The summed E-state index contributed by atoms with van der Waals surface area (Å²) in [5.74, 6) is -1.83. The molecule has 7 heteroatoms. The van der Waals surface area contributed by atoms with Crippen molar-refractivity contribution >= 4 is 11.9 Å². The van der Waals surface area contributed by atoms with Gasteiger partial charge in [-0.2, -0.15) is 0 Å². The lowest BCUT2D eigenvalue weighted by atomic mass is 9.91. The highest BCUT2D eigenvalue weighted by Gasteiger charge is 2.29. The summed E-state index contributed by atoms with van der Waals surface area (Å²) in [6.07, 6.45) is 7.24. The van der Waals surface area contributed by atoms with E-state index in [4.69, 9.17) is 9.57 Å². The molecule has 0 saturated heterocycles. The predicted molar refractivity (Wildman–Crippen MR) is 118 cm³/mol. The van der Waals surface area contributed by atoms with E-state index in [1.807, 2.05) is 12.1 Å². The molecule has 1 heterocycles. The first-order valence-electron chi connectivity index (χ1n) is 10.8. The maximum absolute atomic E-state index is 13.6. The number of nitrogens with zero attached hydrogens (tertiary/aromatic N) is 2. The third-order valence-electron chi connectivity index (χ3n) is 5.15. The van der Waals surface area contributed by atoms with Crippen LogP contribution in [0.2, 0.25) is 0 Å². The molecule has 2 rings (SSSR count). The molecule has 0 aliphatic rings. The van der Waals surface area contributed by atoms with Gasteiger partial charge in [-0.25, -0.2) is 5.06 Å². The smallest absolute Gasteiger partial charge is 0.310 e. The molecule has 1 amide bonds. The molecule has 0 saturated carbocycles. The maximum Gasteiger partial charge on any atom is 0.310 e. The molecule has 1 aromatic heterocycles. The maximum atomic E-state index is 13.6. The summed E-state index contributed by atoms with van der Waals surface area (Å²) in [6.45, 7) is 4.63. The molecule has 1 aromatic carbocycles. The van der Waals surface area contributed by atoms with Gasteiger partial charge in [0.05, 0.1) is 31.7 Å². The molecule has 1 N–H and O–H groups in total. The zero-order valence-corrected chi connectivity index (χ0v) is 18.5. The zero-order valence-electron chi connectivity index (χ0n) is 18.5. The van der Waals surface area contributed by atoms with E-state index in [-0.39, 0.29) is 5.56 Å². The minimum atomic E-state index is -0.975. The van der Waals surface area contributed by atoms with Crippen LogP contribution in [0.1, 0.15) is 66.9 Å². The van der Waals surface area contributed by atoms with Crippen molar-refractivity contribution in [2.75, 3.05) is 20.3 Å². The number of pyridine rings is 1. The van der Waals surface area contributed by atoms with Crippen LogP contribution in [0, 0.1) is 0 Å². The van der Waals surface area contributed by atoms with Crippen LogP contribution in [0.15, 0.2) is 42.7 Å². The van der Waals surface area contributed by atoms with Gasteiger partial charge < -0.3 is 9.84 Å². The summed E-state index contributed by atoms with van der Waals surface area (Å²) in [7, 11) is 1.47. The molecule has 0 fully saturated rings. The molecular weight excluding hydrogens is 396 g/mol. The first kappa shape index (κ1) is 24.3. The Bertz CT molecular complexity index is 841. The van der Waals surface area contributed by atoms with Crippen LogP contribution in [0.5, 0.6) is 5.75 Å². The second-order valence-electron chi connectivity index (χ2n) is 7.28. The van der Waals surface area contributed by atoms with Crippen molar-refractivity contribution in [2.24, 2.45) is 0 Å². The summed E-state index contributed by atoms with van der Waals surface area (Å²) < 4.78 is 5.43. The molecule has 0 radical (unpaired) electrons. The molecule has 0 spiro atoms. The predicted octanol–water partition coefficient (Wildman–Crippen LogP) is 4.48. The summed E-state index contributed by atoms with van der Waals surface area (Å²) in [5.41, 5.74) is 1.71. The minimum Gasteiger partial charge on any atom is -0.496 e. The lowest BCUT2D eigenvalue weighted by molar-refractivity contribution is -0.138. The van der Waals surface area contributed by atoms with E-state index in [0.29, 0.717) is 37.3 Å². The molecule has 168 valence electrons. The zero-order chi connectivity index (χ0) is 22.6. The second-order valence-corrected chi connectivity index (χ2v) is 7.28. The number of amides is 1. The number of aromatic nitrogens is 1. The Hall–Kier alpha value is -2.93. The van der Waals surface area contributed by atoms with E-state index in [0.717, 1.165) is 24.8 Å².